The van der Waals surface area contributed by atoms with E-state index in [4.69, 9.17) is 5.73 Å². The summed E-state index contributed by atoms with van der Waals surface area (Å²) >= 11 is 0. The van der Waals surface area contributed by atoms with E-state index in [0.29, 0.717) is 0 Å². The third-order valence-corrected chi connectivity index (χ3v) is 4.80. The van der Waals surface area contributed by atoms with Gasteiger partial charge in [-0.2, -0.15) is 0 Å². The average molecular weight is 318 g/mol. The van der Waals surface area contributed by atoms with Crippen molar-refractivity contribution in [2.75, 3.05) is 0 Å². The van der Waals surface area contributed by atoms with Crippen LogP contribution in [0.5, 0.6) is 0 Å². The molecule has 3 atom stereocenters. The Hall–Kier alpha value is -1.35. The number of rotatable bonds is 4. The summed E-state index contributed by atoms with van der Waals surface area (Å²) in [6, 6.07) is 14.6. The van der Waals surface area contributed by atoms with E-state index in [0.717, 1.165) is 18.4 Å². The summed E-state index contributed by atoms with van der Waals surface area (Å²) in [5, 5.41) is 10.3. The molecule has 2 aromatic rings. The number of halogens is 1. The molecule has 22 heavy (non-hydrogen) atoms. The smallest absolute Gasteiger partial charge is 0.0758 e. The third-order valence-electron chi connectivity index (χ3n) is 4.80. The van der Waals surface area contributed by atoms with Gasteiger partial charge in [0.1, 0.15) is 0 Å². The van der Waals surface area contributed by atoms with Crippen molar-refractivity contribution < 1.29 is 5.11 Å². The summed E-state index contributed by atoms with van der Waals surface area (Å²) in [5.41, 5.74) is 12.6. The lowest BCUT2D eigenvalue weighted by molar-refractivity contribution is 0.0880. The third kappa shape index (κ3) is 2.91. The minimum absolute atomic E-state index is 0. The molecule has 0 amide bonds. The van der Waals surface area contributed by atoms with Crippen LogP contribution in [0.4, 0.5) is 0 Å². The van der Waals surface area contributed by atoms with Crippen molar-refractivity contribution in [2.24, 2.45) is 11.7 Å². The van der Waals surface area contributed by atoms with Crippen molar-refractivity contribution in [2.45, 2.75) is 38.8 Å². The van der Waals surface area contributed by atoms with Crippen LogP contribution in [0.15, 0.2) is 42.5 Å². The van der Waals surface area contributed by atoms with Gasteiger partial charge in [0.15, 0.2) is 0 Å². The van der Waals surface area contributed by atoms with Crippen LogP contribution in [-0.2, 0) is 6.42 Å². The molecule has 0 heterocycles. The molecule has 0 bridgehead atoms. The van der Waals surface area contributed by atoms with Crippen LogP contribution in [0.1, 0.15) is 43.0 Å². The van der Waals surface area contributed by atoms with Crippen LogP contribution in [0.2, 0.25) is 0 Å². The zero-order valence-corrected chi connectivity index (χ0v) is 13.9. The second kappa shape index (κ2) is 6.82. The molecule has 3 heteroatoms. The van der Waals surface area contributed by atoms with E-state index in [9.17, 15) is 5.11 Å². The largest absolute Gasteiger partial charge is 0.391 e. The normalized spacial score (nSPS) is 16.2. The molecule has 3 rings (SSSR count). The molecule has 0 aromatic heterocycles. The van der Waals surface area contributed by atoms with Crippen molar-refractivity contribution in [1.29, 1.82) is 0 Å². The Bertz CT molecular complexity index is 656. The Labute approximate surface area is 138 Å². The molecule has 0 radical (unpaired) electrons. The van der Waals surface area contributed by atoms with Crippen molar-refractivity contribution in [3.63, 3.8) is 0 Å². The second-order valence-electron chi connectivity index (χ2n) is 6.15. The summed E-state index contributed by atoms with van der Waals surface area (Å²) in [4.78, 5) is 0. The molecule has 0 aliphatic heterocycles. The van der Waals surface area contributed by atoms with Crippen LogP contribution in [0, 0.1) is 5.92 Å². The first-order valence-electron chi connectivity index (χ1n) is 7.76. The number of fused-ring (bicyclic) bond motifs is 3. The SMILES string of the molecule is CCC(C)[C@@H](O)[C@@H](N)c1ccc2c(c1)Cc1ccccc1-2.Cl. The van der Waals surface area contributed by atoms with Gasteiger partial charge in [-0.3, -0.25) is 0 Å². The molecule has 1 aliphatic carbocycles. The van der Waals surface area contributed by atoms with Gasteiger partial charge in [0, 0.05) is 0 Å². The Kier molecular flexibility index (Phi) is 5.28. The Morgan fingerprint density at radius 3 is 2.50 bits per heavy atom. The number of hydrogen-bond acceptors (Lipinski definition) is 2. The van der Waals surface area contributed by atoms with Gasteiger partial charge in [0.2, 0.25) is 0 Å². The highest BCUT2D eigenvalue weighted by Gasteiger charge is 2.24. The zero-order valence-electron chi connectivity index (χ0n) is 13.1. The highest BCUT2D eigenvalue weighted by Crippen LogP contribution is 2.37. The van der Waals surface area contributed by atoms with Crippen LogP contribution < -0.4 is 5.73 Å². The van der Waals surface area contributed by atoms with Gasteiger partial charge in [-0.05, 0) is 40.2 Å². The average Bonchev–Trinajstić information content (AvgIpc) is 2.90. The fraction of sp³-hybridized carbons (Fsp3) is 0.368. The van der Waals surface area contributed by atoms with E-state index in [-0.39, 0.29) is 24.4 Å². The topological polar surface area (TPSA) is 46.2 Å². The van der Waals surface area contributed by atoms with Gasteiger partial charge in [-0.15, -0.1) is 12.4 Å². The highest BCUT2D eigenvalue weighted by molar-refractivity contribution is 5.85. The minimum Gasteiger partial charge on any atom is -0.391 e. The van der Waals surface area contributed by atoms with E-state index in [1.165, 1.54) is 22.3 Å². The van der Waals surface area contributed by atoms with E-state index in [2.05, 4.69) is 49.4 Å². The first kappa shape index (κ1) is 17.0. The maximum atomic E-state index is 10.3. The first-order chi connectivity index (χ1) is 10.1. The first-order valence-corrected chi connectivity index (χ1v) is 7.76. The molecule has 0 saturated heterocycles. The maximum Gasteiger partial charge on any atom is 0.0758 e. The summed E-state index contributed by atoms with van der Waals surface area (Å²) in [6.07, 6.45) is 1.41. The molecule has 0 spiro atoms. The molecule has 118 valence electrons. The van der Waals surface area contributed by atoms with E-state index in [1.54, 1.807) is 0 Å². The van der Waals surface area contributed by atoms with Crippen molar-refractivity contribution in [3.8, 4) is 11.1 Å². The molecule has 0 saturated carbocycles. The standard InChI is InChI=1S/C19H23NO.ClH/c1-3-12(2)19(21)18(20)14-8-9-17-15(11-14)10-13-6-4-5-7-16(13)17;/h4-9,11-12,18-19,21H,3,10,20H2,1-2H3;1H/t12?,18-,19+;/m0./s1. The molecule has 2 aromatic carbocycles. The van der Waals surface area contributed by atoms with Gasteiger partial charge < -0.3 is 10.8 Å². The van der Waals surface area contributed by atoms with Crippen LogP contribution in [-0.4, -0.2) is 11.2 Å². The Morgan fingerprint density at radius 1 is 1.09 bits per heavy atom. The Balaban J connectivity index is 0.00000176. The molecular formula is C19H24ClNO. The fourth-order valence-electron chi connectivity index (χ4n) is 3.17. The lowest BCUT2D eigenvalue weighted by Gasteiger charge is -2.24. The van der Waals surface area contributed by atoms with E-state index >= 15 is 0 Å². The highest BCUT2D eigenvalue weighted by atomic mass is 35.5. The van der Waals surface area contributed by atoms with Crippen molar-refractivity contribution >= 4 is 12.4 Å². The summed E-state index contributed by atoms with van der Waals surface area (Å²) in [7, 11) is 0. The van der Waals surface area contributed by atoms with Crippen LogP contribution >= 0.6 is 12.4 Å². The predicted molar refractivity (Wildman–Crippen MR) is 94.3 cm³/mol. The van der Waals surface area contributed by atoms with Gasteiger partial charge >= 0.3 is 0 Å². The van der Waals surface area contributed by atoms with Crippen LogP contribution in [0.3, 0.4) is 0 Å². The number of benzene rings is 2. The minimum atomic E-state index is -0.489. The lowest BCUT2D eigenvalue weighted by Crippen LogP contribution is -2.31. The molecule has 1 unspecified atom stereocenters. The summed E-state index contributed by atoms with van der Waals surface area (Å²) < 4.78 is 0. The van der Waals surface area contributed by atoms with E-state index < -0.39 is 6.10 Å². The van der Waals surface area contributed by atoms with Gasteiger partial charge in [-0.1, -0.05) is 62.7 Å². The van der Waals surface area contributed by atoms with Crippen molar-refractivity contribution in [1.82, 2.24) is 0 Å². The summed E-state index contributed by atoms with van der Waals surface area (Å²) in [6.45, 7) is 4.13. The lowest BCUT2D eigenvalue weighted by atomic mass is 9.90. The number of aliphatic hydroxyl groups excluding tert-OH is 1. The maximum absolute atomic E-state index is 10.3. The van der Waals surface area contributed by atoms with Crippen molar-refractivity contribution in [3.05, 3.63) is 59.2 Å². The fourth-order valence-corrected chi connectivity index (χ4v) is 3.17. The zero-order chi connectivity index (χ0) is 15.0. The molecule has 0 fully saturated rings. The predicted octanol–water partition coefficient (Wildman–Crippen LogP) is 4.09. The second-order valence-corrected chi connectivity index (χ2v) is 6.15. The quantitative estimate of drug-likeness (QED) is 0.761. The van der Waals surface area contributed by atoms with Gasteiger partial charge in [0.25, 0.3) is 0 Å². The summed E-state index contributed by atoms with van der Waals surface area (Å²) in [5.74, 6) is 0.213. The van der Waals surface area contributed by atoms with E-state index in [1.807, 2.05) is 6.92 Å². The monoisotopic (exact) mass is 317 g/mol. The Morgan fingerprint density at radius 2 is 1.77 bits per heavy atom. The van der Waals surface area contributed by atoms with Gasteiger partial charge in [-0.25, -0.2) is 0 Å². The van der Waals surface area contributed by atoms with Gasteiger partial charge in [0.05, 0.1) is 12.1 Å². The molecule has 1 aliphatic rings. The number of hydrogen-bond donors (Lipinski definition) is 2. The molecule has 3 N–H and O–H groups in total. The molecule has 2 nitrogen and oxygen atoms in total. The molecular weight excluding hydrogens is 294 g/mol. The number of nitrogens with two attached hydrogens (primary N) is 1. The number of aliphatic hydroxyl groups is 1. The van der Waals surface area contributed by atoms with Crippen LogP contribution in [0.25, 0.3) is 11.1 Å².